The van der Waals surface area contributed by atoms with E-state index in [1.54, 1.807) is 0 Å². The van der Waals surface area contributed by atoms with Crippen LogP contribution in [0, 0.1) is 5.92 Å². The van der Waals surface area contributed by atoms with Crippen LogP contribution in [0.3, 0.4) is 0 Å². The number of hydrogen-bond donors (Lipinski definition) is 1. The van der Waals surface area contributed by atoms with Gasteiger partial charge in [0.25, 0.3) is 0 Å². The van der Waals surface area contributed by atoms with E-state index in [9.17, 15) is 4.79 Å². The number of piperidine rings is 1. The van der Waals surface area contributed by atoms with Gasteiger partial charge in [0.05, 0.1) is 19.1 Å². The lowest BCUT2D eigenvalue weighted by atomic mass is 9.98. The van der Waals surface area contributed by atoms with E-state index < -0.39 is 0 Å². The lowest BCUT2D eigenvalue weighted by molar-refractivity contribution is -0.149. The third kappa shape index (κ3) is 6.22. The number of ether oxygens (including phenoxy) is 1. The van der Waals surface area contributed by atoms with Gasteiger partial charge in [0.15, 0.2) is 5.96 Å². The van der Waals surface area contributed by atoms with Crippen molar-refractivity contribution in [3.05, 3.63) is 0 Å². The fraction of sp³-hybridized carbons (Fsp3) is 0.875. The summed E-state index contributed by atoms with van der Waals surface area (Å²) in [6.07, 6.45) is 1.91. The van der Waals surface area contributed by atoms with Crippen LogP contribution in [0.2, 0.25) is 0 Å². The Morgan fingerprint density at radius 1 is 1.41 bits per heavy atom. The summed E-state index contributed by atoms with van der Waals surface area (Å²) < 4.78 is 5.16. The highest BCUT2D eigenvalue weighted by molar-refractivity contribution is 5.81. The molecule has 0 aromatic heterocycles. The van der Waals surface area contributed by atoms with Crippen LogP contribution >= 0.6 is 0 Å². The summed E-state index contributed by atoms with van der Waals surface area (Å²) in [6, 6.07) is 0. The third-order valence-electron chi connectivity index (χ3n) is 3.96. The van der Waals surface area contributed by atoms with E-state index in [1.165, 1.54) is 0 Å². The maximum Gasteiger partial charge on any atom is 0.310 e. The number of aliphatic imine (C=N–C) groups is 1. The summed E-state index contributed by atoms with van der Waals surface area (Å²) >= 11 is 0. The minimum Gasteiger partial charge on any atom is -0.466 e. The van der Waals surface area contributed by atoms with Crippen molar-refractivity contribution in [2.75, 3.05) is 52.9 Å². The van der Waals surface area contributed by atoms with Crippen LogP contribution in [0.25, 0.3) is 0 Å². The summed E-state index contributed by atoms with van der Waals surface area (Å²) in [6.45, 7) is 11.8. The van der Waals surface area contributed by atoms with Gasteiger partial charge in [-0.1, -0.05) is 6.92 Å². The topological polar surface area (TPSA) is 57.2 Å². The molecule has 6 nitrogen and oxygen atoms in total. The molecule has 1 atom stereocenters. The molecule has 0 aromatic carbocycles. The van der Waals surface area contributed by atoms with Crippen LogP contribution in [0.4, 0.5) is 0 Å². The van der Waals surface area contributed by atoms with Crippen LogP contribution in [-0.2, 0) is 9.53 Å². The Hall–Kier alpha value is -1.30. The van der Waals surface area contributed by atoms with Gasteiger partial charge in [-0.15, -0.1) is 0 Å². The zero-order valence-electron chi connectivity index (χ0n) is 14.6. The molecule has 1 aliphatic heterocycles. The average molecular weight is 312 g/mol. The van der Waals surface area contributed by atoms with Crippen molar-refractivity contribution in [3.8, 4) is 0 Å². The number of carbonyl (C=O) groups excluding carboxylic acids is 1. The number of likely N-dealkylation sites (tertiary alicyclic amines) is 1. The SMILES string of the molecule is CCNC(=NCCN(C)CC)N1CCCC(C(=O)OCC)C1. The second-order valence-electron chi connectivity index (χ2n) is 5.67. The van der Waals surface area contributed by atoms with Gasteiger partial charge < -0.3 is 19.9 Å². The Morgan fingerprint density at radius 3 is 2.82 bits per heavy atom. The molecule has 0 spiro atoms. The normalized spacial score (nSPS) is 19.4. The zero-order chi connectivity index (χ0) is 16.4. The van der Waals surface area contributed by atoms with Crippen molar-refractivity contribution >= 4 is 11.9 Å². The van der Waals surface area contributed by atoms with Gasteiger partial charge in [0.1, 0.15) is 0 Å². The summed E-state index contributed by atoms with van der Waals surface area (Å²) in [5.41, 5.74) is 0. The second-order valence-corrected chi connectivity index (χ2v) is 5.67. The first kappa shape index (κ1) is 18.7. The quantitative estimate of drug-likeness (QED) is 0.435. The first-order chi connectivity index (χ1) is 10.6. The lowest BCUT2D eigenvalue weighted by Crippen LogP contribution is -2.48. The first-order valence-corrected chi connectivity index (χ1v) is 8.50. The molecule has 1 fully saturated rings. The summed E-state index contributed by atoms with van der Waals surface area (Å²) in [7, 11) is 2.10. The summed E-state index contributed by atoms with van der Waals surface area (Å²) in [5.74, 6) is 0.811. The number of likely N-dealkylation sites (N-methyl/N-ethyl adjacent to an activating group) is 1. The Labute approximate surface area is 134 Å². The number of rotatable bonds is 7. The van der Waals surface area contributed by atoms with Crippen LogP contribution in [0.15, 0.2) is 4.99 Å². The van der Waals surface area contributed by atoms with Gasteiger partial charge in [0.2, 0.25) is 0 Å². The van der Waals surface area contributed by atoms with Crippen LogP contribution in [0.5, 0.6) is 0 Å². The smallest absolute Gasteiger partial charge is 0.310 e. The molecule has 1 N–H and O–H groups in total. The van der Waals surface area contributed by atoms with Crippen molar-refractivity contribution in [1.82, 2.24) is 15.1 Å². The number of carbonyl (C=O) groups is 1. The van der Waals surface area contributed by atoms with E-state index in [0.29, 0.717) is 13.2 Å². The molecule has 1 saturated heterocycles. The third-order valence-corrected chi connectivity index (χ3v) is 3.96. The van der Waals surface area contributed by atoms with E-state index in [0.717, 1.165) is 51.5 Å². The Balaban J connectivity index is 2.61. The van der Waals surface area contributed by atoms with Crippen molar-refractivity contribution in [2.45, 2.75) is 33.6 Å². The number of nitrogens with zero attached hydrogens (tertiary/aromatic N) is 3. The molecule has 0 aliphatic carbocycles. The monoisotopic (exact) mass is 312 g/mol. The molecular formula is C16H32N4O2. The number of guanidine groups is 1. The van der Waals surface area contributed by atoms with Crippen molar-refractivity contribution in [2.24, 2.45) is 10.9 Å². The molecule has 128 valence electrons. The van der Waals surface area contributed by atoms with Crippen molar-refractivity contribution in [1.29, 1.82) is 0 Å². The standard InChI is InChI=1S/C16H32N4O2/c1-5-17-16(18-10-12-19(4)6-2)20-11-8-9-14(13-20)15(21)22-7-3/h14H,5-13H2,1-4H3,(H,17,18). The van der Waals surface area contributed by atoms with Gasteiger partial charge in [0, 0.05) is 26.2 Å². The average Bonchev–Trinajstić information content (AvgIpc) is 2.54. The van der Waals surface area contributed by atoms with E-state index >= 15 is 0 Å². The maximum atomic E-state index is 12.0. The molecule has 1 unspecified atom stereocenters. The van der Waals surface area contributed by atoms with Gasteiger partial charge in [-0.2, -0.15) is 0 Å². The number of nitrogens with one attached hydrogen (secondary N) is 1. The molecule has 0 aromatic rings. The lowest BCUT2D eigenvalue weighted by Gasteiger charge is -2.34. The predicted molar refractivity (Wildman–Crippen MR) is 90.1 cm³/mol. The number of esters is 1. The molecule has 22 heavy (non-hydrogen) atoms. The Kier molecular flexibility index (Phi) is 8.89. The van der Waals surface area contributed by atoms with Gasteiger partial charge >= 0.3 is 5.97 Å². The highest BCUT2D eigenvalue weighted by Gasteiger charge is 2.28. The van der Waals surface area contributed by atoms with E-state index in [2.05, 4.69) is 36.0 Å². The first-order valence-electron chi connectivity index (χ1n) is 8.50. The molecule has 0 bridgehead atoms. The molecule has 1 aliphatic rings. The molecular weight excluding hydrogens is 280 g/mol. The Morgan fingerprint density at radius 2 is 2.18 bits per heavy atom. The molecule has 0 saturated carbocycles. The van der Waals surface area contributed by atoms with Gasteiger partial charge in [-0.25, -0.2) is 0 Å². The fourth-order valence-electron chi connectivity index (χ4n) is 2.53. The number of hydrogen-bond acceptors (Lipinski definition) is 4. The molecule has 6 heteroatoms. The predicted octanol–water partition coefficient (Wildman–Crippen LogP) is 1.18. The highest BCUT2D eigenvalue weighted by Crippen LogP contribution is 2.18. The Bertz CT molecular complexity index is 360. The van der Waals surface area contributed by atoms with Crippen LogP contribution in [-0.4, -0.2) is 74.7 Å². The van der Waals surface area contributed by atoms with Crippen molar-refractivity contribution in [3.63, 3.8) is 0 Å². The highest BCUT2D eigenvalue weighted by atomic mass is 16.5. The molecule has 0 amide bonds. The summed E-state index contributed by atoms with van der Waals surface area (Å²) in [4.78, 5) is 21.1. The van der Waals surface area contributed by atoms with Crippen molar-refractivity contribution < 1.29 is 9.53 Å². The van der Waals surface area contributed by atoms with E-state index in [4.69, 9.17) is 9.73 Å². The zero-order valence-corrected chi connectivity index (χ0v) is 14.6. The molecule has 1 rings (SSSR count). The molecule has 1 heterocycles. The second kappa shape index (κ2) is 10.4. The minimum absolute atomic E-state index is 0.0316. The minimum atomic E-state index is -0.0752. The largest absolute Gasteiger partial charge is 0.466 e. The maximum absolute atomic E-state index is 12.0. The summed E-state index contributed by atoms with van der Waals surface area (Å²) in [5, 5.41) is 3.34. The van der Waals surface area contributed by atoms with E-state index in [-0.39, 0.29) is 11.9 Å². The van der Waals surface area contributed by atoms with Gasteiger partial charge in [-0.3, -0.25) is 9.79 Å². The fourth-order valence-corrected chi connectivity index (χ4v) is 2.53. The molecule has 0 radical (unpaired) electrons. The van der Waals surface area contributed by atoms with Gasteiger partial charge in [-0.05, 0) is 40.3 Å². The van der Waals surface area contributed by atoms with E-state index in [1.807, 2.05) is 6.92 Å². The van der Waals surface area contributed by atoms with Crippen LogP contribution < -0.4 is 5.32 Å². The van der Waals surface area contributed by atoms with Crippen LogP contribution in [0.1, 0.15) is 33.6 Å².